The summed E-state index contributed by atoms with van der Waals surface area (Å²) in [5.74, 6) is 1.06. The van der Waals surface area contributed by atoms with E-state index in [4.69, 9.17) is 0 Å². The van der Waals surface area contributed by atoms with Crippen molar-refractivity contribution in [2.24, 2.45) is 22.7 Å². The molecule has 0 unspecified atom stereocenters. The Balaban J connectivity index is 1.21. The summed E-state index contributed by atoms with van der Waals surface area (Å²) in [6.45, 7) is 0.967. The van der Waals surface area contributed by atoms with E-state index in [0.29, 0.717) is 37.6 Å². The van der Waals surface area contributed by atoms with Gasteiger partial charge in [-0.3, -0.25) is 19.4 Å². The summed E-state index contributed by atoms with van der Waals surface area (Å²) >= 11 is 0. The van der Waals surface area contributed by atoms with Crippen LogP contribution in [0.15, 0.2) is 36.7 Å². The highest BCUT2D eigenvalue weighted by atomic mass is 16.2. The minimum Gasteiger partial charge on any atom is -0.355 e. The first-order valence-corrected chi connectivity index (χ1v) is 12.2. The third-order valence-electron chi connectivity index (χ3n) is 7.99. The molecule has 2 aromatic rings. The fourth-order valence-electron chi connectivity index (χ4n) is 5.67. The minimum absolute atomic E-state index is 0.150. The van der Waals surface area contributed by atoms with Gasteiger partial charge < -0.3 is 5.32 Å². The van der Waals surface area contributed by atoms with Gasteiger partial charge in [-0.25, -0.2) is 9.97 Å². The van der Waals surface area contributed by atoms with Crippen molar-refractivity contribution in [1.29, 1.82) is 10.5 Å². The molecule has 1 N–H and O–H groups in total. The quantitative estimate of drug-likeness (QED) is 0.689. The first-order chi connectivity index (χ1) is 17.0. The van der Waals surface area contributed by atoms with Gasteiger partial charge in [0.2, 0.25) is 11.8 Å². The molecule has 9 heteroatoms. The van der Waals surface area contributed by atoms with Crippen molar-refractivity contribution in [3.8, 4) is 12.1 Å². The number of nitrogens with one attached hydrogen (secondary N) is 1. The Morgan fingerprint density at radius 2 is 1.23 bits per heavy atom. The van der Waals surface area contributed by atoms with Crippen molar-refractivity contribution >= 4 is 34.8 Å². The van der Waals surface area contributed by atoms with Gasteiger partial charge in [-0.05, 0) is 62.5 Å². The summed E-state index contributed by atoms with van der Waals surface area (Å²) in [7, 11) is 0. The zero-order valence-electron chi connectivity index (χ0n) is 19.3. The number of hydrogen-bond donors (Lipinski definition) is 1. The second-order valence-electron chi connectivity index (χ2n) is 10.1. The standard InChI is InChI=1S/C26H25N7O2/c27-15-25(17-1-2-17)7-11-32(23(25)34)21-13-19(5-9-29-21)31-20-6-10-30-22(14-20)33-12-8-26(16-28,24(33)35)18-3-4-18/h5-6,9-10,13-14,17-18H,1-4,7-8,11-12H2,(H,29,30,31)/t25-,26-/m1/s1. The molecule has 2 saturated carbocycles. The van der Waals surface area contributed by atoms with Crippen LogP contribution in [0.3, 0.4) is 0 Å². The second-order valence-corrected chi connectivity index (χ2v) is 10.1. The van der Waals surface area contributed by atoms with E-state index < -0.39 is 10.8 Å². The molecular formula is C26H25N7O2. The van der Waals surface area contributed by atoms with E-state index in [9.17, 15) is 20.1 Å². The van der Waals surface area contributed by atoms with E-state index in [-0.39, 0.29) is 23.7 Å². The number of amides is 2. The van der Waals surface area contributed by atoms with E-state index in [1.807, 2.05) is 0 Å². The smallest absolute Gasteiger partial charge is 0.248 e. The molecule has 4 heterocycles. The van der Waals surface area contributed by atoms with Gasteiger partial charge in [-0.15, -0.1) is 0 Å². The lowest BCUT2D eigenvalue weighted by Crippen LogP contribution is -2.35. The Morgan fingerprint density at radius 1 is 0.800 bits per heavy atom. The fourth-order valence-corrected chi connectivity index (χ4v) is 5.67. The van der Waals surface area contributed by atoms with Crippen LogP contribution >= 0.6 is 0 Å². The molecule has 0 radical (unpaired) electrons. The first-order valence-electron chi connectivity index (χ1n) is 12.2. The molecule has 0 bridgehead atoms. The van der Waals surface area contributed by atoms with Gasteiger partial charge in [0.1, 0.15) is 22.5 Å². The second kappa shape index (κ2) is 7.78. The normalized spacial score (nSPS) is 28.2. The zero-order valence-corrected chi connectivity index (χ0v) is 19.3. The van der Waals surface area contributed by atoms with Gasteiger partial charge in [-0.1, -0.05) is 0 Å². The van der Waals surface area contributed by atoms with Crippen LogP contribution in [-0.2, 0) is 9.59 Å². The summed E-state index contributed by atoms with van der Waals surface area (Å²) in [5, 5.41) is 22.8. The van der Waals surface area contributed by atoms with Crippen LogP contribution in [0.5, 0.6) is 0 Å². The Hall–Kier alpha value is -3.98. The SMILES string of the molecule is N#C[C@@]1(C2CC2)CCN(c2cc(Nc3ccnc(N4CC[C@@](C#N)(C5CC5)C4=O)c3)ccn2)C1=O. The summed E-state index contributed by atoms with van der Waals surface area (Å²) in [5.41, 5.74) is -0.352. The molecule has 2 aromatic heterocycles. The number of nitrogens with zero attached hydrogens (tertiary/aromatic N) is 6. The van der Waals surface area contributed by atoms with Gasteiger partial charge >= 0.3 is 0 Å². The minimum atomic E-state index is -0.910. The molecule has 6 rings (SSSR count). The summed E-state index contributed by atoms with van der Waals surface area (Å²) < 4.78 is 0. The van der Waals surface area contributed by atoms with Crippen molar-refractivity contribution in [1.82, 2.24) is 9.97 Å². The number of carbonyl (C=O) groups excluding carboxylic acids is 2. The van der Waals surface area contributed by atoms with Gasteiger partial charge in [0.15, 0.2) is 0 Å². The predicted octanol–water partition coefficient (Wildman–Crippen LogP) is 3.53. The molecule has 35 heavy (non-hydrogen) atoms. The molecule has 2 aliphatic heterocycles. The van der Waals surface area contributed by atoms with E-state index in [1.165, 1.54) is 0 Å². The number of anilines is 4. The Labute approximate surface area is 203 Å². The Bertz CT molecular complexity index is 1210. The molecular weight excluding hydrogens is 442 g/mol. The van der Waals surface area contributed by atoms with Gasteiger partial charge in [0.25, 0.3) is 0 Å². The van der Waals surface area contributed by atoms with Gasteiger partial charge in [-0.2, -0.15) is 10.5 Å². The summed E-state index contributed by atoms with van der Waals surface area (Å²) in [6, 6.07) is 11.8. The number of pyridine rings is 2. The maximum atomic E-state index is 13.1. The van der Waals surface area contributed by atoms with Crippen LogP contribution < -0.4 is 15.1 Å². The van der Waals surface area contributed by atoms with Crippen molar-refractivity contribution < 1.29 is 9.59 Å². The fraction of sp³-hybridized carbons (Fsp3) is 0.462. The van der Waals surface area contributed by atoms with E-state index in [1.54, 1.807) is 46.5 Å². The molecule has 4 fully saturated rings. The van der Waals surface area contributed by atoms with Crippen LogP contribution in [0.4, 0.5) is 23.0 Å². The maximum Gasteiger partial charge on any atom is 0.248 e. The molecule has 0 aromatic carbocycles. The molecule has 9 nitrogen and oxygen atoms in total. The van der Waals surface area contributed by atoms with Crippen LogP contribution in [0.1, 0.15) is 38.5 Å². The molecule has 176 valence electrons. The maximum absolute atomic E-state index is 13.1. The lowest BCUT2D eigenvalue weighted by Gasteiger charge is -2.21. The predicted molar refractivity (Wildman–Crippen MR) is 127 cm³/mol. The van der Waals surface area contributed by atoms with Crippen molar-refractivity contribution in [3.05, 3.63) is 36.7 Å². The Morgan fingerprint density at radius 3 is 1.60 bits per heavy atom. The van der Waals surface area contributed by atoms with Crippen LogP contribution in [0.25, 0.3) is 0 Å². The Kier molecular flexibility index (Phi) is 4.79. The average molecular weight is 468 g/mol. The third kappa shape index (κ3) is 3.34. The first kappa shape index (κ1) is 21.5. The van der Waals surface area contributed by atoms with Crippen molar-refractivity contribution in [2.75, 3.05) is 28.2 Å². The molecule has 4 aliphatic rings. The zero-order chi connectivity index (χ0) is 24.2. The third-order valence-corrected chi connectivity index (χ3v) is 7.99. The summed E-state index contributed by atoms with van der Waals surface area (Å²) in [4.78, 5) is 38.3. The number of hydrogen-bond acceptors (Lipinski definition) is 7. The lowest BCUT2D eigenvalue weighted by atomic mass is 9.83. The monoisotopic (exact) mass is 467 g/mol. The summed E-state index contributed by atoms with van der Waals surface area (Å²) in [6.07, 6.45) is 8.08. The highest BCUT2D eigenvalue weighted by molar-refractivity contribution is 6.02. The number of aromatic nitrogens is 2. The van der Waals surface area contributed by atoms with Crippen molar-refractivity contribution in [3.63, 3.8) is 0 Å². The highest BCUT2D eigenvalue weighted by Crippen LogP contribution is 2.52. The van der Waals surface area contributed by atoms with E-state index in [0.717, 1.165) is 37.1 Å². The van der Waals surface area contributed by atoms with Crippen LogP contribution in [-0.4, -0.2) is 34.9 Å². The molecule has 2 aliphatic carbocycles. The number of rotatable bonds is 6. The highest BCUT2D eigenvalue weighted by Gasteiger charge is 2.58. The van der Waals surface area contributed by atoms with E-state index >= 15 is 0 Å². The number of carbonyl (C=O) groups is 2. The largest absolute Gasteiger partial charge is 0.355 e. The lowest BCUT2D eigenvalue weighted by molar-refractivity contribution is -0.124. The van der Waals surface area contributed by atoms with Crippen LogP contribution in [0.2, 0.25) is 0 Å². The van der Waals surface area contributed by atoms with Crippen molar-refractivity contribution in [2.45, 2.75) is 38.5 Å². The van der Waals surface area contributed by atoms with Gasteiger partial charge in [0.05, 0.1) is 12.1 Å². The van der Waals surface area contributed by atoms with Crippen LogP contribution in [0, 0.1) is 45.3 Å². The molecule has 0 spiro atoms. The molecule has 2 atom stereocenters. The molecule has 2 amide bonds. The average Bonchev–Trinajstić information content (AvgIpc) is 3.81. The molecule has 2 saturated heterocycles. The topological polar surface area (TPSA) is 126 Å². The van der Waals surface area contributed by atoms with Gasteiger partial charge in [0, 0.05) is 49.0 Å². The number of nitriles is 2. The van der Waals surface area contributed by atoms with E-state index in [2.05, 4.69) is 27.4 Å².